The molecule has 0 aliphatic carbocycles. The molecule has 25 heavy (non-hydrogen) atoms. The van der Waals surface area contributed by atoms with Crippen LogP contribution in [0.15, 0.2) is 0 Å². The maximum absolute atomic E-state index is 6.56. The summed E-state index contributed by atoms with van der Waals surface area (Å²) >= 11 is 0. The molecule has 0 bridgehead atoms. The van der Waals surface area contributed by atoms with Crippen molar-refractivity contribution in [3.8, 4) is 0 Å². The van der Waals surface area contributed by atoms with Crippen LogP contribution in [-0.4, -0.2) is 8.24 Å². The lowest BCUT2D eigenvalue weighted by molar-refractivity contribution is 0.345. The molecule has 0 aromatic carbocycles. The summed E-state index contributed by atoms with van der Waals surface area (Å²) in [5.74, 6) is 0. The van der Waals surface area contributed by atoms with Crippen molar-refractivity contribution in [2.45, 2.75) is 143 Å². The number of nitrogens with two attached hydrogens (primary N) is 1. The molecule has 0 amide bonds. The standard InChI is InChI=1S/C23H51NSi/c1-7-8-9-10-11-12-13-14-15-16-17-18-19-20-21-22(23(2,3)4)25(5,6)24/h22H,7-21,24H2,1-6H3. The summed E-state index contributed by atoms with van der Waals surface area (Å²) in [7, 11) is -1.53. The van der Waals surface area contributed by atoms with Crippen molar-refractivity contribution in [3.63, 3.8) is 0 Å². The van der Waals surface area contributed by atoms with E-state index in [4.69, 9.17) is 5.40 Å². The summed E-state index contributed by atoms with van der Waals surface area (Å²) in [6.07, 6.45) is 21.5. The van der Waals surface area contributed by atoms with Crippen molar-refractivity contribution in [2.24, 2.45) is 10.8 Å². The third kappa shape index (κ3) is 15.0. The summed E-state index contributed by atoms with van der Waals surface area (Å²) in [6, 6.07) is 0. The quantitative estimate of drug-likeness (QED) is 0.214. The number of unbranched alkanes of at least 4 members (excludes halogenated alkanes) is 13. The van der Waals surface area contributed by atoms with Crippen molar-refractivity contribution in [3.05, 3.63) is 0 Å². The van der Waals surface area contributed by atoms with Gasteiger partial charge in [-0.1, -0.05) is 137 Å². The van der Waals surface area contributed by atoms with Gasteiger partial charge in [0.1, 0.15) is 8.24 Å². The molecule has 0 saturated carbocycles. The van der Waals surface area contributed by atoms with Gasteiger partial charge >= 0.3 is 0 Å². The van der Waals surface area contributed by atoms with Crippen LogP contribution in [0.2, 0.25) is 18.6 Å². The fraction of sp³-hybridized carbons (Fsp3) is 1.00. The molecular weight excluding hydrogens is 318 g/mol. The fourth-order valence-corrected chi connectivity index (χ4v) is 7.64. The van der Waals surface area contributed by atoms with Gasteiger partial charge in [-0.05, 0) is 11.0 Å². The molecule has 0 aromatic rings. The monoisotopic (exact) mass is 369 g/mol. The van der Waals surface area contributed by atoms with Crippen LogP contribution in [0.4, 0.5) is 0 Å². The number of hydrogen-bond donors (Lipinski definition) is 1. The van der Waals surface area contributed by atoms with Crippen molar-refractivity contribution in [2.75, 3.05) is 0 Å². The molecule has 1 atom stereocenters. The van der Waals surface area contributed by atoms with Gasteiger partial charge in [-0.2, -0.15) is 0 Å². The molecule has 0 aliphatic heterocycles. The Balaban J connectivity index is 3.46. The van der Waals surface area contributed by atoms with Gasteiger partial charge in [0.2, 0.25) is 0 Å². The molecular formula is C23H51NSi. The van der Waals surface area contributed by atoms with E-state index >= 15 is 0 Å². The maximum atomic E-state index is 6.56. The van der Waals surface area contributed by atoms with Crippen LogP contribution in [0.3, 0.4) is 0 Å². The molecule has 1 unspecified atom stereocenters. The highest BCUT2D eigenvalue weighted by atomic mass is 28.3. The molecule has 0 fully saturated rings. The fourth-order valence-electron chi connectivity index (χ4n) is 4.46. The first-order valence-electron chi connectivity index (χ1n) is 11.5. The van der Waals surface area contributed by atoms with Crippen LogP contribution >= 0.6 is 0 Å². The third-order valence-corrected chi connectivity index (χ3v) is 8.74. The zero-order valence-electron chi connectivity index (χ0n) is 18.8. The molecule has 0 aliphatic rings. The van der Waals surface area contributed by atoms with Crippen molar-refractivity contribution in [1.82, 2.24) is 0 Å². The van der Waals surface area contributed by atoms with Gasteiger partial charge in [-0.15, -0.1) is 0 Å². The van der Waals surface area contributed by atoms with Crippen LogP contribution in [0, 0.1) is 5.41 Å². The molecule has 0 rings (SSSR count). The van der Waals surface area contributed by atoms with Crippen LogP contribution in [0.25, 0.3) is 0 Å². The highest BCUT2D eigenvalue weighted by Crippen LogP contribution is 2.41. The molecule has 0 spiro atoms. The van der Waals surface area contributed by atoms with Crippen LogP contribution in [0.5, 0.6) is 0 Å². The van der Waals surface area contributed by atoms with Crippen molar-refractivity contribution in [1.29, 1.82) is 0 Å². The Bertz CT molecular complexity index is 273. The topological polar surface area (TPSA) is 26.0 Å². The van der Waals surface area contributed by atoms with Gasteiger partial charge in [0.25, 0.3) is 0 Å². The maximum Gasteiger partial charge on any atom is 0.120 e. The Kier molecular flexibility index (Phi) is 14.4. The van der Waals surface area contributed by atoms with Crippen LogP contribution < -0.4 is 5.40 Å². The first kappa shape index (κ1) is 25.2. The van der Waals surface area contributed by atoms with Gasteiger partial charge in [-0.3, -0.25) is 0 Å². The van der Waals surface area contributed by atoms with Gasteiger partial charge in [-0.25, -0.2) is 0 Å². The Hall–Kier alpha value is 0.177. The number of hydrogen-bond acceptors (Lipinski definition) is 1. The first-order chi connectivity index (χ1) is 11.7. The zero-order chi connectivity index (χ0) is 19.2. The predicted molar refractivity (Wildman–Crippen MR) is 120 cm³/mol. The van der Waals surface area contributed by atoms with E-state index < -0.39 is 8.24 Å². The van der Waals surface area contributed by atoms with E-state index in [2.05, 4.69) is 40.8 Å². The summed E-state index contributed by atoms with van der Waals surface area (Å²) in [6.45, 7) is 14.1. The summed E-state index contributed by atoms with van der Waals surface area (Å²) in [5, 5.41) is 6.56. The SMILES string of the molecule is CCCCCCCCCCCCCCCCC(C(C)(C)C)[Si](C)(C)N. The molecule has 0 saturated heterocycles. The second-order valence-corrected chi connectivity index (χ2v) is 14.5. The smallest absolute Gasteiger partial charge is 0.120 e. The molecule has 1 nitrogen and oxygen atoms in total. The van der Waals surface area contributed by atoms with E-state index in [-0.39, 0.29) is 0 Å². The Morgan fingerprint density at radius 2 is 0.960 bits per heavy atom. The van der Waals surface area contributed by atoms with Crippen molar-refractivity contribution < 1.29 is 0 Å². The Morgan fingerprint density at radius 1 is 0.640 bits per heavy atom. The van der Waals surface area contributed by atoms with Crippen LogP contribution in [0.1, 0.15) is 124 Å². The molecule has 0 radical (unpaired) electrons. The second kappa shape index (κ2) is 14.3. The predicted octanol–water partition coefficient (Wildman–Crippen LogP) is 8.44. The lowest BCUT2D eigenvalue weighted by atomic mass is 9.88. The van der Waals surface area contributed by atoms with Crippen molar-refractivity contribution >= 4 is 8.24 Å². The lowest BCUT2D eigenvalue weighted by Gasteiger charge is -2.39. The van der Waals surface area contributed by atoms with E-state index in [1.807, 2.05) is 0 Å². The van der Waals surface area contributed by atoms with E-state index in [9.17, 15) is 0 Å². The van der Waals surface area contributed by atoms with E-state index in [1.165, 1.54) is 96.3 Å². The molecule has 152 valence electrons. The largest absolute Gasteiger partial charge is 0.351 e. The molecule has 2 N–H and O–H groups in total. The minimum atomic E-state index is -1.53. The first-order valence-corrected chi connectivity index (χ1v) is 14.6. The van der Waals surface area contributed by atoms with Gasteiger partial charge < -0.3 is 5.40 Å². The minimum Gasteiger partial charge on any atom is -0.351 e. The average Bonchev–Trinajstić information content (AvgIpc) is 2.48. The highest BCUT2D eigenvalue weighted by Gasteiger charge is 2.36. The molecule has 0 aromatic heterocycles. The van der Waals surface area contributed by atoms with Crippen LogP contribution in [-0.2, 0) is 0 Å². The average molecular weight is 370 g/mol. The summed E-state index contributed by atoms with van der Waals surface area (Å²) < 4.78 is 0. The van der Waals surface area contributed by atoms with Gasteiger partial charge in [0.15, 0.2) is 0 Å². The summed E-state index contributed by atoms with van der Waals surface area (Å²) in [5.41, 5.74) is 1.12. The van der Waals surface area contributed by atoms with E-state index in [1.54, 1.807) is 0 Å². The Labute approximate surface area is 162 Å². The number of rotatable bonds is 16. The van der Waals surface area contributed by atoms with Gasteiger partial charge in [0.05, 0.1) is 0 Å². The lowest BCUT2D eigenvalue weighted by Crippen LogP contribution is -2.48. The van der Waals surface area contributed by atoms with Gasteiger partial charge in [0, 0.05) is 0 Å². The normalized spacial score (nSPS) is 14.0. The second-order valence-electron chi connectivity index (χ2n) is 10.1. The molecule has 2 heteroatoms. The summed E-state index contributed by atoms with van der Waals surface area (Å²) in [4.78, 5) is 0. The van der Waals surface area contributed by atoms with E-state index in [0.717, 1.165) is 5.54 Å². The third-order valence-electron chi connectivity index (χ3n) is 5.79. The molecule has 0 heterocycles. The van der Waals surface area contributed by atoms with E-state index in [0.29, 0.717) is 5.41 Å². The highest BCUT2D eigenvalue weighted by molar-refractivity contribution is 6.75. The minimum absolute atomic E-state index is 0.376. The Morgan fingerprint density at radius 3 is 1.24 bits per heavy atom. The zero-order valence-corrected chi connectivity index (χ0v) is 19.8.